The van der Waals surface area contributed by atoms with E-state index >= 15 is 0 Å². The Bertz CT molecular complexity index is 1010. The summed E-state index contributed by atoms with van der Waals surface area (Å²) in [6.07, 6.45) is -1.61. The Kier molecular flexibility index (Phi) is 4.78. The summed E-state index contributed by atoms with van der Waals surface area (Å²) < 4.78 is 56.0. The zero-order valence-corrected chi connectivity index (χ0v) is 14.9. The molecule has 0 bridgehead atoms. The highest BCUT2D eigenvalue weighted by Crippen LogP contribution is 2.29. The van der Waals surface area contributed by atoms with Crippen LogP contribution in [0.25, 0.3) is 16.9 Å². The van der Waals surface area contributed by atoms with Gasteiger partial charge in [0, 0.05) is 11.8 Å². The lowest BCUT2D eigenvalue weighted by atomic mass is 10.1. The van der Waals surface area contributed by atoms with Crippen molar-refractivity contribution in [2.75, 3.05) is 13.4 Å². The lowest BCUT2D eigenvalue weighted by Gasteiger charge is -2.09. The van der Waals surface area contributed by atoms with Crippen molar-refractivity contribution in [3.63, 3.8) is 0 Å². The van der Waals surface area contributed by atoms with E-state index in [1.165, 1.54) is 30.0 Å². The summed E-state index contributed by atoms with van der Waals surface area (Å²) >= 11 is 0. The molecule has 0 amide bonds. The van der Waals surface area contributed by atoms with Gasteiger partial charge >= 0.3 is 0 Å². The van der Waals surface area contributed by atoms with Crippen LogP contribution in [0.3, 0.4) is 0 Å². The Hall–Kier alpha value is -2.74. The normalized spacial score (nSPS) is 11.7. The number of alkyl halides is 2. The number of sulfone groups is 1. The summed E-state index contributed by atoms with van der Waals surface area (Å²) in [5, 5.41) is 3.99. The van der Waals surface area contributed by atoms with E-state index in [1.54, 1.807) is 36.4 Å². The molecule has 136 valence electrons. The predicted octanol–water partition coefficient (Wildman–Crippen LogP) is 3.89. The Morgan fingerprint density at radius 2 is 1.65 bits per heavy atom. The average molecular weight is 378 g/mol. The molecule has 3 rings (SSSR count). The number of methoxy groups -OCH3 is 1. The standard InChI is InChI=1S/C18H16F2N2O3S/c1-25-14-7-5-13(6-8-14)22-17(11-16(21-22)18(19)20)12-3-9-15(10-4-12)26(2,23)24/h3-11,18H,1-2H3. The third kappa shape index (κ3) is 3.60. The molecule has 0 aliphatic carbocycles. The number of hydrogen-bond acceptors (Lipinski definition) is 4. The first-order valence-electron chi connectivity index (χ1n) is 7.62. The molecule has 8 heteroatoms. The quantitative estimate of drug-likeness (QED) is 0.676. The maximum Gasteiger partial charge on any atom is 0.282 e. The molecule has 0 spiro atoms. The number of nitrogens with zero attached hydrogens (tertiary/aromatic N) is 2. The monoisotopic (exact) mass is 378 g/mol. The van der Waals surface area contributed by atoms with Crippen molar-refractivity contribution in [3.05, 3.63) is 60.3 Å². The molecule has 0 unspecified atom stereocenters. The van der Waals surface area contributed by atoms with Gasteiger partial charge in [-0.3, -0.25) is 0 Å². The molecule has 0 aliphatic rings. The maximum atomic E-state index is 13.2. The smallest absolute Gasteiger partial charge is 0.282 e. The molecule has 0 atom stereocenters. The van der Waals surface area contributed by atoms with E-state index < -0.39 is 16.3 Å². The van der Waals surface area contributed by atoms with Crippen molar-refractivity contribution >= 4 is 9.84 Å². The van der Waals surface area contributed by atoms with E-state index in [2.05, 4.69) is 5.10 Å². The number of hydrogen-bond donors (Lipinski definition) is 0. The number of ether oxygens (including phenoxy) is 1. The van der Waals surface area contributed by atoms with Crippen LogP contribution in [0.4, 0.5) is 8.78 Å². The van der Waals surface area contributed by atoms with Crippen LogP contribution in [-0.2, 0) is 9.84 Å². The van der Waals surface area contributed by atoms with Crippen molar-refractivity contribution in [3.8, 4) is 22.7 Å². The minimum atomic E-state index is -3.34. The van der Waals surface area contributed by atoms with E-state index in [0.29, 0.717) is 22.7 Å². The second kappa shape index (κ2) is 6.87. The Morgan fingerprint density at radius 3 is 2.15 bits per heavy atom. The second-order valence-electron chi connectivity index (χ2n) is 5.66. The van der Waals surface area contributed by atoms with Crippen molar-refractivity contribution in [2.24, 2.45) is 0 Å². The van der Waals surface area contributed by atoms with Crippen LogP contribution in [0.1, 0.15) is 12.1 Å². The van der Waals surface area contributed by atoms with Crippen molar-refractivity contribution in [1.29, 1.82) is 0 Å². The van der Waals surface area contributed by atoms with Crippen molar-refractivity contribution in [2.45, 2.75) is 11.3 Å². The van der Waals surface area contributed by atoms with Gasteiger partial charge in [0.2, 0.25) is 0 Å². The third-order valence-corrected chi connectivity index (χ3v) is 4.98. The SMILES string of the molecule is COc1ccc(-n2nc(C(F)F)cc2-c2ccc(S(C)(=O)=O)cc2)cc1. The lowest BCUT2D eigenvalue weighted by molar-refractivity contribution is 0.145. The zero-order chi connectivity index (χ0) is 18.9. The molecule has 0 radical (unpaired) electrons. The number of benzene rings is 2. The maximum absolute atomic E-state index is 13.2. The van der Waals surface area contributed by atoms with Gasteiger partial charge in [-0.2, -0.15) is 5.10 Å². The van der Waals surface area contributed by atoms with Gasteiger partial charge in [0.15, 0.2) is 9.84 Å². The fraction of sp³-hybridized carbons (Fsp3) is 0.167. The summed E-state index contributed by atoms with van der Waals surface area (Å²) in [5.41, 5.74) is 1.24. The molecule has 0 N–H and O–H groups in total. The van der Waals surface area contributed by atoms with Crippen LogP contribution < -0.4 is 4.74 Å². The van der Waals surface area contributed by atoms with Crippen LogP contribution in [0.15, 0.2) is 59.5 Å². The summed E-state index contributed by atoms with van der Waals surface area (Å²) in [7, 11) is -1.80. The van der Waals surface area contributed by atoms with Gasteiger partial charge in [-0.1, -0.05) is 12.1 Å². The number of rotatable bonds is 5. The predicted molar refractivity (Wildman–Crippen MR) is 93.6 cm³/mol. The van der Waals surface area contributed by atoms with Crippen LogP contribution >= 0.6 is 0 Å². The van der Waals surface area contributed by atoms with Gasteiger partial charge in [-0.25, -0.2) is 21.9 Å². The molecule has 26 heavy (non-hydrogen) atoms. The van der Waals surface area contributed by atoms with Crippen LogP contribution in [0.2, 0.25) is 0 Å². The first-order valence-corrected chi connectivity index (χ1v) is 9.52. The van der Waals surface area contributed by atoms with Gasteiger partial charge in [0.05, 0.1) is 23.4 Å². The van der Waals surface area contributed by atoms with Crippen LogP contribution in [0.5, 0.6) is 5.75 Å². The van der Waals surface area contributed by atoms with E-state index in [1.807, 2.05) is 0 Å². The second-order valence-corrected chi connectivity index (χ2v) is 7.68. The minimum Gasteiger partial charge on any atom is -0.497 e. The Morgan fingerprint density at radius 1 is 1.04 bits per heavy atom. The lowest BCUT2D eigenvalue weighted by Crippen LogP contribution is -2.01. The summed E-state index contributed by atoms with van der Waals surface area (Å²) in [6, 6.07) is 14.1. The van der Waals surface area contributed by atoms with Crippen LogP contribution in [-0.4, -0.2) is 31.6 Å². The Balaban J connectivity index is 2.10. The molecule has 3 aromatic rings. The topological polar surface area (TPSA) is 61.2 Å². The number of halogens is 2. The minimum absolute atomic E-state index is 0.158. The van der Waals surface area contributed by atoms with Gasteiger partial charge < -0.3 is 4.74 Å². The molecular weight excluding hydrogens is 362 g/mol. The van der Waals surface area contributed by atoms with Gasteiger partial charge in [0.1, 0.15) is 11.4 Å². The van der Waals surface area contributed by atoms with Gasteiger partial charge in [0.25, 0.3) is 6.43 Å². The van der Waals surface area contributed by atoms with E-state index in [0.717, 1.165) is 6.26 Å². The highest BCUT2D eigenvalue weighted by atomic mass is 32.2. The first-order chi connectivity index (χ1) is 12.3. The molecule has 2 aromatic carbocycles. The molecule has 1 aromatic heterocycles. The largest absolute Gasteiger partial charge is 0.497 e. The fourth-order valence-corrected chi connectivity index (χ4v) is 3.14. The Labute approximate surface area is 149 Å². The third-order valence-electron chi connectivity index (χ3n) is 3.85. The number of aromatic nitrogens is 2. The molecule has 0 aliphatic heterocycles. The fourth-order valence-electron chi connectivity index (χ4n) is 2.50. The van der Waals surface area contributed by atoms with E-state index in [9.17, 15) is 17.2 Å². The highest BCUT2D eigenvalue weighted by molar-refractivity contribution is 7.90. The molecule has 5 nitrogen and oxygen atoms in total. The van der Waals surface area contributed by atoms with Gasteiger partial charge in [-0.05, 0) is 42.5 Å². The van der Waals surface area contributed by atoms with Gasteiger partial charge in [-0.15, -0.1) is 0 Å². The van der Waals surface area contributed by atoms with E-state index in [4.69, 9.17) is 4.74 Å². The summed E-state index contributed by atoms with van der Waals surface area (Å²) in [5.74, 6) is 0.633. The highest BCUT2D eigenvalue weighted by Gasteiger charge is 2.18. The zero-order valence-electron chi connectivity index (χ0n) is 14.1. The van der Waals surface area contributed by atoms with Crippen molar-refractivity contribution < 1.29 is 21.9 Å². The summed E-state index contributed by atoms with van der Waals surface area (Å²) in [4.78, 5) is 0.158. The molecule has 0 fully saturated rings. The summed E-state index contributed by atoms with van der Waals surface area (Å²) in [6.45, 7) is 0. The molecule has 1 heterocycles. The molecule has 0 saturated carbocycles. The van der Waals surface area contributed by atoms with Crippen LogP contribution in [0, 0.1) is 0 Å². The van der Waals surface area contributed by atoms with E-state index in [-0.39, 0.29) is 10.6 Å². The average Bonchev–Trinajstić information content (AvgIpc) is 3.07. The first kappa shape index (κ1) is 18.1. The molecular formula is C18H16F2N2O3S. The molecule has 0 saturated heterocycles. The van der Waals surface area contributed by atoms with Crippen molar-refractivity contribution in [1.82, 2.24) is 9.78 Å².